The van der Waals surface area contributed by atoms with Gasteiger partial charge in [-0.2, -0.15) is 0 Å². The summed E-state index contributed by atoms with van der Waals surface area (Å²) in [5.74, 6) is 0.341. The highest BCUT2D eigenvalue weighted by atomic mass is 16.5. The Labute approximate surface area is 130 Å². The van der Waals surface area contributed by atoms with Gasteiger partial charge in [-0.25, -0.2) is 0 Å². The van der Waals surface area contributed by atoms with Crippen LogP contribution >= 0.6 is 0 Å². The van der Waals surface area contributed by atoms with E-state index in [9.17, 15) is 0 Å². The molecule has 0 bridgehead atoms. The van der Waals surface area contributed by atoms with Gasteiger partial charge in [0.2, 0.25) is 0 Å². The van der Waals surface area contributed by atoms with E-state index in [0.29, 0.717) is 5.92 Å². The summed E-state index contributed by atoms with van der Waals surface area (Å²) in [6.45, 7) is 0.781. The topological polar surface area (TPSA) is 38.1 Å². The van der Waals surface area contributed by atoms with Crippen molar-refractivity contribution in [1.82, 2.24) is 5.16 Å². The van der Waals surface area contributed by atoms with Crippen molar-refractivity contribution in [2.24, 2.45) is 0 Å². The van der Waals surface area contributed by atoms with E-state index >= 15 is 0 Å². The van der Waals surface area contributed by atoms with Gasteiger partial charge in [-0.1, -0.05) is 59.8 Å². The lowest BCUT2D eigenvalue weighted by Crippen LogP contribution is -2.04. The molecule has 110 valence electrons. The molecule has 0 radical (unpaired) electrons. The van der Waals surface area contributed by atoms with Crippen molar-refractivity contribution in [2.45, 2.75) is 25.3 Å². The first-order chi connectivity index (χ1) is 10.9. The fourth-order valence-electron chi connectivity index (χ4n) is 3.26. The zero-order valence-electron chi connectivity index (χ0n) is 12.3. The van der Waals surface area contributed by atoms with Crippen LogP contribution in [-0.2, 0) is 13.0 Å². The number of nitrogens with zero attached hydrogens (tertiary/aromatic N) is 1. The Morgan fingerprint density at radius 2 is 1.86 bits per heavy atom. The molecule has 1 aromatic heterocycles. The zero-order chi connectivity index (χ0) is 14.8. The lowest BCUT2D eigenvalue weighted by Gasteiger charge is -2.11. The molecule has 1 aliphatic rings. The van der Waals surface area contributed by atoms with Gasteiger partial charge in [-0.3, -0.25) is 0 Å². The maximum atomic E-state index is 5.25. The molecule has 1 N–H and O–H groups in total. The second-order valence-electron chi connectivity index (χ2n) is 5.74. The summed E-state index contributed by atoms with van der Waals surface area (Å²) in [6, 6.07) is 19.0. The molecule has 3 aromatic rings. The Kier molecular flexibility index (Phi) is 3.39. The molecule has 1 heterocycles. The molecule has 3 heteroatoms. The highest BCUT2D eigenvalue weighted by Crippen LogP contribution is 2.40. The molecule has 3 nitrogen and oxygen atoms in total. The second kappa shape index (κ2) is 5.68. The minimum absolute atomic E-state index is 0.341. The molecule has 0 saturated heterocycles. The smallest absolute Gasteiger partial charge is 0.147 e. The summed E-state index contributed by atoms with van der Waals surface area (Å²) >= 11 is 0. The van der Waals surface area contributed by atoms with E-state index < -0.39 is 0 Å². The third kappa shape index (κ3) is 2.39. The number of anilines is 1. The summed E-state index contributed by atoms with van der Waals surface area (Å²) in [4.78, 5) is 0. The zero-order valence-corrected chi connectivity index (χ0v) is 12.3. The molecule has 2 aromatic carbocycles. The number of hydrogen-bond acceptors (Lipinski definition) is 3. The fraction of sp³-hybridized carbons (Fsp3) is 0.211. The average Bonchev–Trinajstić information content (AvgIpc) is 3.20. The molecule has 1 atom stereocenters. The molecule has 0 saturated carbocycles. The van der Waals surface area contributed by atoms with Crippen molar-refractivity contribution in [2.75, 3.05) is 5.32 Å². The van der Waals surface area contributed by atoms with Crippen LogP contribution in [0, 0.1) is 0 Å². The normalized spacial score (nSPS) is 16.5. The van der Waals surface area contributed by atoms with Crippen LogP contribution in [-0.4, -0.2) is 5.16 Å². The number of hydrogen-bond donors (Lipinski definition) is 1. The number of nitrogens with one attached hydrogen (secondary N) is 1. The van der Waals surface area contributed by atoms with Gasteiger partial charge in [0.25, 0.3) is 0 Å². The summed E-state index contributed by atoms with van der Waals surface area (Å²) in [5.41, 5.74) is 6.11. The van der Waals surface area contributed by atoms with Crippen LogP contribution in [0.15, 0.2) is 65.4 Å². The van der Waals surface area contributed by atoms with Crippen LogP contribution < -0.4 is 5.32 Å². The number of rotatable bonds is 4. The Bertz CT molecular complexity index is 764. The van der Waals surface area contributed by atoms with Crippen molar-refractivity contribution in [1.29, 1.82) is 0 Å². The Hall–Kier alpha value is -2.55. The quantitative estimate of drug-likeness (QED) is 0.775. The number of aromatic nitrogens is 1. The highest BCUT2D eigenvalue weighted by Gasteiger charge is 2.28. The first kappa shape index (κ1) is 13.1. The van der Waals surface area contributed by atoms with Crippen molar-refractivity contribution in [3.63, 3.8) is 0 Å². The minimum Gasteiger partial charge on any atom is -0.377 e. The van der Waals surface area contributed by atoms with Crippen LogP contribution in [0.1, 0.15) is 34.7 Å². The van der Waals surface area contributed by atoms with Gasteiger partial charge >= 0.3 is 0 Å². The van der Waals surface area contributed by atoms with E-state index in [0.717, 1.165) is 30.8 Å². The SMILES string of the molecule is c1ccc(CNc2conc2C2CCc3ccccc32)cc1. The molecule has 0 spiro atoms. The molecular formula is C19H18N2O. The maximum absolute atomic E-state index is 5.25. The first-order valence-corrected chi connectivity index (χ1v) is 7.71. The van der Waals surface area contributed by atoms with Crippen LogP contribution in [0.3, 0.4) is 0 Å². The monoisotopic (exact) mass is 290 g/mol. The van der Waals surface area contributed by atoms with Crippen LogP contribution in [0.25, 0.3) is 0 Å². The molecule has 1 unspecified atom stereocenters. The maximum Gasteiger partial charge on any atom is 0.147 e. The molecule has 4 rings (SSSR count). The van der Waals surface area contributed by atoms with Crippen molar-refractivity contribution in [3.8, 4) is 0 Å². The average molecular weight is 290 g/mol. The van der Waals surface area contributed by atoms with E-state index in [1.165, 1.54) is 16.7 Å². The number of aryl methyl sites for hydroxylation is 1. The first-order valence-electron chi connectivity index (χ1n) is 7.71. The number of fused-ring (bicyclic) bond motifs is 1. The third-order valence-corrected chi connectivity index (χ3v) is 4.39. The van der Waals surface area contributed by atoms with Gasteiger partial charge in [-0.05, 0) is 29.5 Å². The van der Waals surface area contributed by atoms with E-state index in [-0.39, 0.29) is 0 Å². The van der Waals surface area contributed by atoms with Gasteiger partial charge in [0.05, 0.1) is 5.69 Å². The van der Waals surface area contributed by atoms with E-state index in [4.69, 9.17) is 4.52 Å². The third-order valence-electron chi connectivity index (χ3n) is 4.39. The molecule has 0 fully saturated rings. The Morgan fingerprint density at radius 3 is 2.77 bits per heavy atom. The lowest BCUT2D eigenvalue weighted by molar-refractivity contribution is 0.408. The second-order valence-corrected chi connectivity index (χ2v) is 5.74. The van der Waals surface area contributed by atoms with E-state index in [1.807, 2.05) is 6.07 Å². The highest BCUT2D eigenvalue weighted by molar-refractivity contribution is 5.52. The van der Waals surface area contributed by atoms with Gasteiger partial charge in [-0.15, -0.1) is 0 Å². The van der Waals surface area contributed by atoms with E-state index in [1.54, 1.807) is 6.26 Å². The fourth-order valence-corrected chi connectivity index (χ4v) is 3.26. The Balaban J connectivity index is 1.56. The lowest BCUT2D eigenvalue weighted by atomic mass is 9.97. The van der Waals surface area contributed by atoms with Crippen molar-refractivity contribution >= 4 is 5.69 Å². The molecular weight excluding hydrogens is 272 g/mol. The Morgan fingerprint density at radius 1 is 1.05 bits per heavy atom. The van der Waals surface area contributed by atoms with Gasteiger partial charge in [0, 0.05) is 12.5 Å². The van der Waals surface area contributed by atoms with Gasteiger partial charge in [0.1, 0.15) is 12.0 Å². The van der Waals surface area contributed by atoms with Gasteiger partial charge < -0.3 is 9.84 Å². The van der Waals surface area contributed by atoms with E-state index in [2.05, 4.69) is 59.0 Å². The van der Waals surface area contributed by atoms with Crippen molar-refractivity contribution < 1.29 is 4.52 Å². The predicted molar refractivity (Wildman–Crippen MR) is 86.9 cm³/mol. The predicted octanol–water partition coefficient (Wildman–Crippen LogP) is 4.36. The summed E-state index contributed by atoms with van der Waals surface area (Å²) in [5, 5.41) is 7.73. The largest absolute Gasteiger partial charge is 0.377 e. The van der Waals surface area contributed by atoms with Crippen LogP contribution in [0.4, 0.5) is 5.69 Å². The molecule has 1 aliphatic carbocycles. The van der Waals surface area contributed by atoms with Crippen LogP contribution in [0.2, 0.25) is 0 Å². The number of benzene rings is 2. The molecule has 22 heavy (non-hydrogen) atoms. The standard InChI is InChI=1S/C19H18N2O/c1-2-6-14(7-3-1)12-20-18-13-22-21-19(18)17-11-10-15-8-4-5-9-16(15)17/h1-9,13,17,20H,10-12H2. The summed E-state index contributed by atoms with van der Waals surface area (Å²) in [6.07, 6.45) is 3.94. The molecule has 0 amide bonds. The van der Waals surface area contributed by atoms with Gasteiger partial charge in [0.15, 0.2) is 0 Å². The molecule has 0 aliphatic heterocycles. The van der Waals surface area contributed by atoms with Crippen LogP contribution in [0.5, 0.6) is 0 Å². The minimum atomic E-state index is 0.341. The van der Waals surface area contributed by atoms with Crippen molar-refractivity contribution in [3.05, 3.63) is 83.2 Å². The summed E-state index contributed by atoms with van der Waals surface area (Å²) in [7, 11) is 0. The summed E-state index contributed by atoms with van der Waals surface area (Å²) < 4.78 is 5.25.